The molecule has 0 amide bonds. The monoisotopic (exact) mass is 1900 g/mol. The van der Waals surface area contributed by atoms with Crippen molar-refractivity contribution in [3.8, 4) is 57.4 Å². The van der Waals surface area contributed by atoms with Crippen LogP contribution in [0.1, 0.15) is 227 Å². The lowest BCUT2D eigenvalue weighted by molar-refractivity contribution is -0.138. The molecule has 1 atom stereocenters. The number of hydrogen-bond acceptors (Lipinski definition) is 24. The maximum Gasteiger partial charge on any atom is 0.343 e. The Morgan fingerprint density at radius 2 is 0.863 bits per heavy atom. The van der Waals surface area contributed by atoms with Crippen LogP contribution in [-0.2, 0) is 46.2 Å². The zero-order chi connectivity index (χ0) is 101. The first-order valence-corrected chi connectivity index (χ1v) is 48.3. The normalized spacial score (nSPS) is 13.1. The van der Waals surface area contributed by atoms with Crippen LogP contribution in [0.5, 0.6) is 40.2 Å². The van der Waals surface area contributed by atoms with Crippen LogP contribution in [0, 0.1) is 18.3 Å². The molecule has 2 heterocycles. The zero-order valence-electron chi connectivity index (χ0n) is 83.5. The Morgan fingerprint density at radius 1 is 0.468 bits per heavy atom. The third kappa shape index (κ3) is 42.5. The molecule has 1 unspecified atom stereocenters. The van der Waals surface area contributed by atoms with Gasteiger partial charge in [-0.25, -0.2) is 28.8 Å². The fourth-order valence-electron chi connectivity index (χ4n) is 15.1. The molecule has 2 saturated heterocycles. The maximum absolute atomic E-state index is 13.6. The van der Waals surface area contributed by atoms with Crippen molar-refractivity contribution in [2.45, 2.75) is 200 Å². The number of nitrogens with zero attached hydrogens (tertiary/aromatic N) is 4. The quantitative estimate of drug-likeness (QED) is 0.00894. The number of hydrogen-bond donors (Lipinski definition) is 2. The Balaban J connectivity index is 0.000000282. The third-order valence-corrected chi connectivity index (χ3v) is 23.8. The Kier molecular flexibility index (Phi) is 53.0. The van der Waals surface area contributed by atoms with Crippen molar-refractivity contribution in [1.29, 1.82) is 5.26 Å². The molecule has 2 N–H and O–H groups in total. The molecule has 11 rings (SSSR count). The number of piperidine rings is 1. The van der Waals surface area contributed by atoms with Crippen LogP contribution >= 0.6 is 0 Å². The zero-order valence-corrected chi connectivity index (χ0v) is 83.5. The number of Topliss-reactive ketones (excluding diaryl/α,β-unsaturated/α-hetero) is 1. The van der Waals surface area contributed by atoms with Crippen LogP contribution in [0.4, 0.5) is 5.69 Å². The molecule has 746 valence electrons. The first-order chi connectivity index (χ1) is 67.1. The second-order valence-corrected chi connectivity index (χ2v) is 35.0. The van der Waals surface area contributed by atoms with Gasteiger partial charge in [-0.1, -0.05) is 113 Å². The number of methoxy groups -OCH3 is 1. The van der Waals surface area contributed by atoms with Crippen molar-refractivity contribution in [3.63, 3.8) is 0 Å². The number of benzene rings is 9. The van der Waals surface area contributed by atoms with E-state index in [1.54, 1.807) is 129 Å². The number of nitriles is 1. The van der Waals surface area contributed by atoms with Crippen molar-refractivity contribution < 1.29 is 95.9 Å². The number of aliphatic hydroxyl groups is 2. The van der Waals surface area contributed by atoms with Gasteiger partial charge in [-0.2, -0.15) is 5.26 Å². The molecule has 2 fully saturated rings. The summed E-state index contributed by atoms with van der Waals surface area (Å²) in [5.74, 6) is 1.32. The highest BCUT2D eigenvalue weighted by Crippen LogP contribution is 2.37. The minimum absolute atomic E-state index is 0.125. The van der Waals surface area contributed by atoms with Crippen molar-refractivity contribution in [2.24, 2.45) is 0 Å². The average molecular weight is 1900 g/mol. The Hall–Kier alpha value is -13.0. The predicted molar refractivity (Wildman–Crippen MR) is 548 cm³/mol. The number of likely N-dealkylation sites (N-methyl/N-ethyl adjacent to an activating group) is 1. The van der Waals surface area contributed by atoms with E-state index in [4.69, 9.17) is 67.6 Å². The molecule has 139 heavy (non-hydrogen) atoms. The van der Waals surface area contributed by atoms with Gasteiger partial charge in [0.25, 0.3) is 0 Å². The van der Waals surface area contributed by atoms with Crippen LogP contribution in [0.3, 0.4) is 0 Å². The predicted octanol–water partition coefficient (Wildman–Crippen LogP) is 22.6. The molecule has 0 spiro atoms. The number of carbonyl (C=O) groups is 7. The topological polar surface area (TPSA) is 295 Å². The summed E-state index contributed by atoms with van der Waals surface area (Å²) in [5.41, 5.74) is 9.69. The first-order valence-electron chi connectivity index (χ1n) is 48.3. The summed E-state index contributed by atoms with van der Waals surface area (Å²) in [7, 11) is 7.83. The number of likely N-dealkylation sites (tertiary alicyclic amines) is 1. The largest absolute Gasteiger partial charge is 0.497 e. The van der Waals surface area contributed by atoms with E-state index in [0.717, 1.165) is 133 Å². The molecular weight excluding hydrogens is 1760 g/mol. The molecule has 0 aromatic heterocycles. The van der Waals surface area contributed by atoms with Crippen molar-refractivity contribution in [3.05, 3.63) is 301 Å². The van der Waals surface area contributed by atoms with Crippen molar-refractivity contribution in [1.82, 2.24) is 9.80 Å². The third-order valence-electron chi connectivity index (χ3n) is 23.8. The van der Waals surface area contributed by atoms with Gasteiger partial charge < -0.3 is 67.2 Å². The summed E-state index contributed by atoms with van der Waals surface area (Å²) < 4.78 is 59.0. The van der Waals surface area contributed by atoms with Crippen molar-refractivity contribution in [2.75, 3.05) is 112 Å². The summed E-state index contributed by atoms with van der Waals surface area (Å²) >= 11 is 0. The molecule has 24 heteroatoms. The molecule has 0 radical (unpaired) electrons. The lowest BCUT2D eigenvalue weighted by atomic mass is 9.80. The number of rotatable bonds is 47. The minimum Gasteiger partial charge on any atom is -0.497 e. The van der Waals surface area contributed by atoms with Gasteiger partial charge in [0.1, 0.15) is 40.2 Å². The summed E-state index contributed by atoms with van der Waals surface area (Å²) in [6.07, 6.45) is 24.7. The van der Waals surface area contributed by atoms with E-state index in [9.17, 15) is 33.6 Å². The fraction of sp³-hybridized carbons (Fsp3) is 0.409. The van der Waals surface area contributed by atoms with Crippen molar-refractivity contribution >= 4 is 47.3 Å². The van der Waals surface area contributed by atoms with E-state index in [-0.39, 0.29) is 25.0 Å². The minimum atomic E-state index is -0.540. The molecule has 0 saturated carbocycles. The Bertz CT molecular complexity index is 5150. The summed E-state index contributed by atoms with van der Waals surface area (Å²) in [6, 6.07) is 68.9. The molecule has 2 aliphatic rings. The maximum atomic E-state index is 13.6. The van der Waals surface area contributed by atoms with Gasteiger partial charge in [-0.3, -0.25) is 14.6 Å². The Morgan fingerprint density at radius 3 is 1.26 bits per heavy atom. The summed E-state index contributed by atoms with van der Waals surface area (Å²) in [4.78, 5) is 91.0. The van der Waals surface area contributed by atoms with E-state index >= 15 is 0 Å². The molecule has 9 aromatic carbocycles. The standard InChI is InChI=1S/C39H44O10.C23H30N2O2.C23H26O6.C18H19N.C10H21N.C2H6O2/c1-4-36(40)46-26-12-8-6-10-24-44-32-18-14-30(15-19-32)38(42)48-34-22-23-35(29(3)28-34)49-39(43)31-16-20-33(21-17-31)45-25-11-7-9-13-27-47-37(41)5-2;1-4-23(24(2)3,18-19-8-6-5-7-9-19)22(26)20-10-12-21(13-11-20)25-14-16-27-17-15-25;1-3-22(24)28-17-7-5-4-6-16-27-20-12-14-21(15-13-20)29-23(25)18-8-10-19(26-2)11-9-18;1-2-3-4-5-15-6-10-17(11-7-15)18-12-8-16(14-19)9-13-18;1-9(2)7-6-8-10(3,4)11(9)5;3-1-2-4/h4-5,14-23,28H,1-2,6-13,24-27H2,3H3;5-13H,4,14-18H2,1-3H3;3,8-15H,1,4-7,16-17H2,2H3;6-13H,2-5H2,1H3;6-8H2,1-5H3;3-4H,1-2H2. The first kappa shape index (κ1) is 115. The number of aliphatic hydroxyl groups excluding tert-OH is 2. The van der Waals surface area contributed by atoms with Gasteiger partial charge >= 0.3 is 35.8 Å². The number of morpholine rings is 1. The van der Waals surface area contributed by atoms with E-state index in [0.29, 0.717) is 125 Å². The molecule has 9 aromatic rings. The number of carbonyl (C=O) groups excluding carboxylic acids is 7. The second kappa shape index (κ2) is 64.2. The highest BCUT2D eigenvalue weighted by Gasteiger charge is 2.40. The molecule has 24 nitrogen and oxygen atoms in total. The molecular formula is C115H146N4O20. The van der Waals surface area contributed by atoms with E-state index in [1.807, 2.05) is 68.7 Å². The fourth-order valence-corrected chi connectivity index (χ4v) is 15.1. The van der Waals surface area contributed by atoms with E-state index in [2.05, 4.69) is 138 Å². The highest BCUT2D eigenvalue weighted by atomic mass is 16.6. The number of esters is 6. The SMILES string of the molecule is C=CC(=O)OCCCCCCOc1ccc(C(=O)Oc2ccc(OC(=O)c3ccc(OCCCCCCOC(=O)C=C)cc3)c(C)c2)cc1.C=CC(=O)OCCCCCCOc1ccc(OC(=O)c2ccc(OC)cc2)cc1.CCC(Cc1ccccc1)(C(=O)c1ccc(N2CCOCC2)cc1)N(C)C.CCCCCc1ccc(-c2ccc(C#N)cc2)cc1.CN1C(C)(C)CCCC1(C)C.OCCO. The van der Waals surface area contributed by atoms with Crippen LogP contribution < -0.4 is 38.1 Å². The van der Waals surface area contributed by atoms with Gasteiger partial charge in [0.05, 0.1) is 107 Å². The average Bonchev–Trinajstić information content (AvgIpc) is 0.788. The number of ketones is 1. The van der Waals surface area contributed by atoms with Gasteiger partial charge in [-0.05, 0) is 357 Å². The van der Waals surface area contributed by atoms with Crippen LogP contribution in [0.15, 0.2) is 256 Å². The summed E-state index contributed by atoms with van der Waals surface area (Å²) in [6.45, 7) is 31.5. The lowest BCUT2D eigenvalue weighted by Crippen LogP contribution is -2.56. The molecule has 0 aliphatic carbocycles. The highest BCUT2D eigenvalue weighted by molar-refractivity contribution is 6.04. The Labute approximate surface area is 824 Å². The smallest absolute Gasteiger partial charge is 0.343 e. The van der Waals surface area contributed by atoms with Crippen LogP contribution in [0.25, 0.3) is 11.1 Å². The summed E-state index contributed by atoms with van der Waals surface area (Å²) in [5, 5.41) is 24.0. The van der Waals surface area contributed by atoms with Crippen LogP contribution in [0.2, 0.25) is 0 Å². The van der Waals surface area contributed by atoms with E-state index in [1.165, 1.54) is 73.3 Å². The number of anilines is 1. The van der Waals surface area contributed by atoms with E-state index < -0.39 is 35.4 Å². The van der Waals surface area contributed by atoms with Gasteiger partial charge in [0.2, 0.25) is 0 Å². The second-order valence-electron chi connectivity index (χ2n) is 35.0. The lowest BCUT2D eigenvalue weighted by Gasteiger charge is -2.50. The van der Waals surface area contributed by atoms with Gasteiger partial charge in [0.15, 0.2) is 5.78 Å². The molecule has 2 aliphatic heterocycles. The number of ether oxygens (including phenoxy) is 11. The number of aryl methyl sites for hydroxylation is 2. The molecule has 0 bridgehead atoms. The van der Waals surface area contributed by atoms with Gasteiger partial charge in [-0.15, -0.1) is 0 Å². The van der Waals surface area contributed by atoms with Gasteiger partial charge in [0, 0.05) is 53.6 Å². The number of unbranched alkanes of at least 4 members (excludes halogenated alkanes) is 11. The van der Waals surface area contributed by atoms with Crippen LogP contribution in [-0.4, -0.2) is 186 Å².